The highest BCUT2D eigenvalue weighted by Gasteiger charge is 2.54. The molecule has 0 unspecified atom stereocenters. The van der Waals surface area contributed by atoms with Gasteiger partial charge < -0.3 is 4.74 Å². The Balaban J connectivity index is 1.42. The second-order valence-electron chi connectivity index (χ2n) is 9.51. The van der Waals surface area contributed by atoms with Gasteiger partial charge in [-0.3, -0.25) is 19.2 Å². The van der Waals surface area contributed by atoms with E-state index in [1.807, 2.05) is 0 Å². The van der Waals surface area contributed by atoms with Gasteiger partial charge in [0.05, 0.1) is 22.4 Å². The largest absolute Gasteiger partial charge is 0.422 e. The monoisotopic (exact) mass is 740 g/mol. The Hall–Kier alpha value is -2.57. The Morgan fingerprint density at radius 3 is 2.15 bits per heavy atom. The number of nitrogens with zero attached hydrogens (tertiary/aromatic N) is 2. The third-order valence-electron chi connectivity index (χ3n) is 6.93. The summed E-state index contributed by atoms with van der Waals surface area (Å²) < 4.78 is 5.34. The van der Waals surface area contributed by atoms with Crippen LogP contribution in [0.25, 0.3) is 0 Å². The number of alkyl halides is 2. The third kappa shape index (κ3) is 6.15. The van der Waals surface area contributed by atoms with E-state index in [4.69, 9.17) is 27.9 Å². The number of ether oxygens (including phenoxy) is 1. The number of halogens is 4. The van der Waals surface area contributed by atoms with Crippen LogP contribution in [0.1, 0.15) is 43.2 Å². The second kappa shape index (κ2) is 12.3. The lowest BCUT2D eigenvalue weighted by Crippen LogP contribution is -2.52. The molecule has 1 saturated heterocycles. The van der Waals surface area contributed by atoms with Crippen molar-refractivity contribution in [1.82, 2.24) is 10.0 Å². The van der Waals surface area contributed by atoms with Crippen LogP contribution in [-0.2, 0) is 9.59 Å². The van der Waals surface area contributed by atoms with E-state index in [0.717, 1.165) is 10.0 Å². The van der Waals surface area contributed by atoms with Gasteiger partial charge in [-0.05, 0) is 66.8 Å². The molecule has 2 aromatic carbocycles. The summed E-state index contributed by atoms with van der Waals surface area (Å²) in [7, 11) is 0. The molecule has 0 radical (unpaired) electrons. The highest BCUT2D eigenvalue weighted by molar-refractivity contribution is 9.12. The molecule has 2 fully saturated rings. The molecule has 3 amide bonds. The van der Waals surface area contributed by atoms with Crippen LogP contribution in [0.5, 0.6) is 5.75 Å². The van der Waals surface area contributed by atoms with Gasteiger partial charge in [0.1, 0.15) is 17.2 Å². The first-order chi connectivity index (χ1) is 19.5. The number of imide groups is 1. The van der Waals surface area contributed by atoms with Crippen LogP contribution in [0.3, 0.4) is 0 Å². The van der Waals surface area contributed by atoms with Gasteiger partial charge >= 0.3 is 5.97 Å². The van der Waals surface area contributed by atoms with Crippen molar-refractivity contribution in [2.45, 2.75) is 22.5 Å². The lowest BCUT2D eigenvalue weighted by molar-refractivity contribution is -0.154. The highest BCUT2D eigenvalue weighted by atomic mass is 79.9. The van der Waals surface area contributed by atoms with Crippen LogP contribution in [0.2, 0.25) is 10.0 Å². The van der Waals surface area contributed by atoms with Crippen LogP contribution in [0.4, 0.5) is 0 Å². The number of carbonyl (C=O) groups is 5. The summed E-state index contributed by atoms with van der Waals surface area (Å²) in [6.07, 6.45) is 0.788. The molecule has 1 aromatic heterocycles. The van der Waals surface area contributed by atoms with Gasteiger partial charge in [-0.25, -0.2) is 9.80 Å². The first-order valence-electron chi connectivity index (χ1n) is 12.4. The van der Waals surface area contributed by atoms with Crippen LogP contribution in [0.15, 0.2) is 60.0 Å². The summed E-state index contributed by atoms with van der Waals surface area (Å²) >= 11 is 20.6. The summed E-state index contributed by atoms with van der Waals surface area (Å²) in [4.78, 5) is 66.9. The predicted octanol–water partition coefficient (Wildman–Crippen LogP) is 6.44. The van der Waals surface area contributed by atoms with E-state index in [2.05, 4.69) is 31.9 Å². The molecule has 41 heavy (non-hydrogen) atoms. The van der Waals surface area contributed by atoms with Crippen molar-refractivity contribution in [2.75, 3.05) is 6.54 Å². The van der Waals surface area contributed by atoms with Gasteiger partial charge in [-0.15, -0.1) is 11.3 Å². The number of carbonyl (C=O) groups excluding carboxylic acids is 5. The summed E-state index contributed by atoms with van der Waals surface area (Å²) in [5.41, 5.74) is 0.158. The number of hydrogen-bond donors (Lipinski definition) is 0. The molecule has 1 aliphatic heterocycles. The van der Waals surface area contributed by atoms with E-state index in [1.54, 1.807) is 17.5 Å². The van der Waals surface area contributed by atoms with Crippen molar-refractivity contribution in [2.24, 2.45) is 11.8 Å². The molecule has 0 N–H and O–H groups in total. The van der Waals surface area contributed by atoms with Crippen molar-refractivity contribution in [1.29, 1.82) is 0 Å². The molecule has 3 aromatic rings. The third-order valence-corrected chi connectivity index (χ3v) is 11.1. The van der Waals surface area contributed by atoms with E-state index in [1.165, 1.54) is 53.8 Å². The fourth-order valence-electron chi connectivity index (χ4n) is 4.84. The summed E-state index contributed by atoms with van der Waals surface area (Å²) in [5, 5.41) is 3.71. The Labute approximate surface area is 265 Å². The smallest absolute Gasteiger partial charge is 0.353 e. The molecule has 2 heterocycles. The number of benzene rings is 2. The van der Waals surface area contributed by atoms with E-state index in [0.29, 0.717) is 22.7 Å². The quantitative estimate of drug-likeness (QED) is 0.0909. The zero-order valence-corrected chi connectivity index (χ0v) is 26.5. The molecule has 0 spiro atoms. The average Bonchev–Trinajstić information content (AvgIpc) is 3.56. The lowest BCUT2D eigenvalue weighted by Gasteiger charge is -2.30. The molecule has 8 nitrogen and oxygen atoms in total. The molecular formula is C28H20Br2Cl2N2O6S. The van der Waals surface area contributed by atoms with Gasteiger partial charge in [0, 0.05) is 20.2 Å². The van der Waals surface area contributed by atoms with Crippen LogP contribution >= 0.6 is 66.4 Å². The molecule has 1 aliphatic carbocycles. The number of ketones is 1. The minimum absolute atomic E-state index is 0.00872. The Morgan fingerprint density at radius 1 is 0.951 bits per heavy atom. The van der Waals surface area contributed by atoms with Crippen LogP contribution < -0.4 is 4.74 Å². The minimum atomic E-state index is -0.798. The molecule has 2 aliphatic rings. The van der Waals surface area contributed by atoms with E-state index in [9.17, 15) is 24.0 Å². The van der Waals surface area contributed by atoms with Crippen molar-refractivity contribution in [3.05, 3.63) is 86.0 Å². The fraction of sp³-hybridized carbons (Fsp3) is 0.250. The van der Waals surface area contributed by atoms with Crippen molar-refractivity contribution < 1.29 is 28.7 Å². The van der Waals surface area contributed by atoms with Crippen LogP contribution in [-0.4, -0.2) is 55.7 Å². The van der Waals surface area contributed by atoms with Gasteiger partial charge in [0.15, 0.2) is 5.78 Å². The fourth-order valence-corrected chi connectivity index (χ4v) is 7.16. The van der Waals surface area contributed by atoms with E-state index in [-0.39, 0.29) is 31.6 Å². The highest BCUT2D eigenvalue weighted by Crippen LogP contribution is 2.44. The normalized spacial score (nSPS) is 21.9. The summed E-state index contributed by atoms with van der Waals surface area (Å²) in [6, 6.07) is 13.3. The lowest BCUT2D eigenvalue weighted by atomic mass is 9.81. The summed E-state index contributed by atoms with van der Waals surface area (Å²) in [6.45, 7) is -0.613. The zero-order valence-electron chi connectivity index (χ0n) is 21.0. The Morgan fingerprint density at radius 2 is 1.59 bits per heavy atom. The molecule has 0 bridgehead atoms. The van der Waals surface area contributed by atoms with Gasteiger partial charge in [-0.1, -0.05) is 61.1 Å². The van der Waals surface area contributed by atoms with Gasteiger partial charge in [0.25, 0.3) is 17.7 Å². The van der Waals surface area contributed by atoms with Gasteiger partial charge in [0.2, 0.25) is 0 Å². The average molecular weight is 743 g/mol. The van der Waals surface area contributed by atoms with Crippen LogP contribution in [0, 0.1) is 11.8 Å². The zero-order chi connectivity index (χ0) is 29.4. The molecule has 212 valence electrons. The molecule has 13 heteroatoms. The first kappa shape index (κ1) is 29.9. The number of fused-ring (bicyclic) bond motifs is 1. The maximum atomic E-state index is 13.8. The van der Waals surface area contributed by atoms with Crippen molar-refractivity contribution >= 4 is 95.9 Å². The van der Waals surface area contributed by atoms with E-state index >= 15 is 0 Å². The number of esters is 1. The molecule has 4 atom stereocenters. The van der Waals surface area contributed by atoms with Gasteiger partial charge in [-0.2, -0.15) is 5.01 Å². The molecule has 1 saturated carbocycles. The number of hydrazine groups is 1. The number of thiophene rings is 1. The number of rotatable bonds is 7. The summed E-state index contributed by atoms with van der Waals surface area (Å²) in [5.74, 6) is -4.02. The standard InChI is InChI=1S/C28H20Br2Cl2N2O6S/c29-20-11-18-19(12-21(20)30)27(38)34(26(18)37)33(25(36)17-8-5-15(31)10-22(17)32)13-23(35)14-3-6-16(7-4-14)40-28(39)24-2-1-9-41-24/h1-10,18-21H,11-13H2/t18-,19+,20+,21-. The Kier molecular flexibility index (Phi) is 9.01. The van der Waals surface area contributed by atoms with Crippen molar-refractivity contribution in [3.8, 4) is 5.75 Å². The second-order valence-corrected chi connectivity index (χ2v) is 13.6. The molecule has 5 rings (SSSR count). The minimum Gasteiger partial charge on any atom is -0.422 e. The Bertz CT molecular complexity index is 1510. The number of amides is 3. The topological polar surface area (TPSA) is 101 Å². The predicted molar refractivity (Wildman–Crippen MR) is 161 cm³/mol. The number of hydrogen-bond acceptors (Lipinski definition) is 7. The van der Waals surface area contributed by atoms with Crippen molar-refractivity contribution in [3.63, 3.8) is 0 Å². The maximum absolute atomic E-state index is 13.8. The SMILES string of the molecule is O=C(CN(C(=O)c1ccc(Cl)cc1Cl)N1C(=O)[C@H]2C[C@@H](Br)[C@@H](Br)C[C@H]2C1=O)c1ccc(OC(=O)c2cccs2)cc1. The maximum Gasteiger partial charge on any atom is 0.353 e. The van der Waals surface area contributed by atoms with E-state index < -0.39 is 47.9 Å². The molecular weight excluding hydrogens is 723 g/mol. The first-order valence-corrected chi connectivity index (χ1v) is 15.8. The number of Topliss-reactive ketones (excluding diaryl/α,β-unsaturated/α-hetero) is 1.